The number of amides is 1. The van der Waals surface area contributed by atoms with E-state index in [1.165, 1.54) is 23.0 Å². The van der Waals surface area contributed by atoms with Crippen LogP contribution in [0.25, 0.3) is 16.6 Å². The fraction of sp³-hybridized carbons (Fsp3) is 0.263. The van der Waals surface area contributed by atoms with Crippen LogP contribution in [-0.2, 0) is 0 Å². The van der Waals surface area contributed by atoms with Crippen molar-refractivity contribution in [3.05, 3.63) is 59.3 Å². The predicted octanol–water partition coefficient (Wildman–Crippen LogP) is 2.87. The van der Waals surface area contributed by atoms with Gasteiger partial charge in [-0.15, -0.1) is 0 Å². The van der Waals surface area contributed by atoms with E-state index in [1.807, 2.05) is 0 Å². The normalized spacial score (nSPS) is 20.9. The highest BCUT2D eigenvalue weighted by atomic mass is 19.1. The Labute approximate surface area is 150 Å². The van der Waals surface area contributed by atoms with E-state index in [9.17, 15) is 13.6 Å². The maximum absolute atomic E-state index is 14.8. The van der Waals surface area contributed by atoms with Gasteiger partial charge in [0.25, 0.3) is 5.91 Å². The molecule has 134 valence electrons. The zero-order valence-corrected chi connectivity index (χ0v) is 13.9. The van der Waals surface area contributed by atoms with Crippen LogP contribution < -0.4 is 11.1 Å². The molecule has 4 rings (SSSR count). The number of fused-ring (bicyclic) bond motifs is 1. The van der Waals surface area contributed by atoms with Crippen LogP contribution in [-0.4, -0.2) is 28.8 Å². The van der Waals surface area contributed by atoms with Crippen LogP contribution in [0.3, 0.4) is 0 Å². The highest BCUT2D eigenvalue weighted by Crippen LogP contribution is 2.28. The zero-order chi connectivity index (χ0) is 19.2. The van der Waals surface area contributed by atoms with Crippen molar-refractivity contribution in [1.29, 1.82) is 0 Å². The summed E-state index contributed by atoms with van der Waals surface area (Å²) in [6, 6.07) is 6.82. The van der Waals surface area contributed by atoms with Gasteiger partial charge in [0.15, 0.2) is 0 Å². The number of rotatable bonds is 3. The number of hydrogen-bond acceptors (Lipinski definition) is 3. The molecule has 0 bridgehead atoms. The Bertz CT molecular complexity index is 1040. The van der Waals surface area contributed by atoms with Crippen LogP contribution >= 0.6 is 0 Å². The summed E-state index contributed by atoms with van der Waals surface area (Å²) in [4.78, 5) is 11.5. The lowest BCUT2D eigenvalue weighted by molar-refractivity contribution is 0.100. The van der Waals surface area contributed by atoms with Gasteiger partial charge in [0.2, 0.25) is 0 Å². The largest absolute Gasteiger partial charge is 0.366 e. The minimum atomic E-state index is -1.00. The van der Waals surface area contributed by atoms with Gasteiger partial charge in [-0.05, 0) is 55.1 Å². The van der Waals surface area contributed by atoms with Crippen LogP contribution in [0.15, 0.2) is 36.5 Å². The molecule has 1 atom stereocenters. The van der Waals surface area contributed by atoms with Gasteiger partial charge < -0.3 is 11.1 Å². The van der Waals surface area contributed by atoms with Crippen molar-refractivity contribution >= 4 is 16.8 Å². The maximum atomic E-state index is 14.8. The minimum Gasteiger partial charge on any atom is -0.366 e. The molecule has 0 aliphatic carbocycles. The van der Waals surface area contributed by atoms with E-state index in [0.29, 0.717) is 29.6 Å². The zero-order valence-electron chi connectivity index (χ0n) is 14.9. The summed E-state index contributed by atoms with van der Waals surface area (Å²) < 4.78 is 38.4. The van der Waals surface area contributed by atoms with Crippen LogP contribution in [0, 0.1) is 11.6 Å². The molecular formula is C19H18F2N4O. The molecule has 3 aromatic rings. The number of aromatic nitrogens is 2. The Kier molecular flexibility index (Phi) is 3.86. The number of piperidine rings is 1. The molecule has 1 aliphatic heterocycles. The molecule has 1 aromatic heterocycles. The Morgan fingerprint density at radius 2 is 2.19 bits per heavy atom. The van der Waals surface area contributed by atoms with E-state index < -0.39 is 23.4 Å². The van der Waals surface area contributed by atoms with E-state index in [0.717, 1.165) is 19.0 Å². The summed E-state index contributed by atoms with van der Waals surface area (Å²) in [7, 11) is 0. The number of nitrogens with one attached hydrogen (secondary N) is 1. The number of carbonyl (C=O) groups is 1. The van der Waals surface area contributed by atoms with Gasteiger partial charge in [-0.2, -0.15) is 5.10 Å². The first-order chi connectivity index (χ1) is 12.9. The van der Waals surface area contributed by atoms with Crippen molar-refractivity contribution in [2.24, 2.45) is 5.73 Å². The first-order valence-electron chi connectivity index (χ1n) is 8.87. The number of nitrogens with zero attached hydrogens (tertiary/aromatic N) is 2. The van der Waals surface area contributed by atoms with Crippen molar-refractivity contribution in [2.75, 3.05) is 13.1 Å². The molecule has 7 heteroatoms. The smallest absolute Gasteiger partial charge is 0.251 e. The molecule has 1 saturated heterocycles. The third kappa shape index (κ3) is 2.94. The summed E-state index contributed by atoms with van der Waals surface area (Å²) in [6.45, 7) is 1.23. The lowest BCUT2D eigenvalue weighted by Crippen LogP contribution is -2.28. The third-order valence-electron chi connectivity index (χ3n) is 4.61. The Balaban J connectivity index is 1.77. The van der Waals surface area contributed by atoms with Crippen LogP contribution in [0.5, 0.6) is 0 Å². The van der Waals surface area contributed by atoms with Crippen LogP contribution in [0.1, 0.15) is 36.0 Å². The molecule has 1 amide bonds. The molecule has 1 fully saturated rings. The number of nitrogens with two attached hydrogens (primary N) is 1. The molecule has 0 unspecified atom stereocenters. The summed E-state index contributed by atoms with van der Waals surface area (Å²) in [5.74, 6) is -2.88. The highest BCUT2D eigenvalue weighted by Gasteiger charge is 2.19. The number of hydrogen-bond donors (Lipinski definition) is 2. The molecule has 2 heterocycles. The van der Waals surface area contributed by atoms with Crippen molar-refractivity contribution < 1.29 is 14.9 Å². The second-order valence-electron chi connectivity index (χ2n) is 6.38. The minimum absolute atomic E-state index is 0.0285. The van der Waals surface area contributed by atoms with Gasteiger partial charge in [-0.1, -0.05) is 6.07 Å². The van der Waals surface area contributed by atoms with Gasteiger partial charge in [0.05, 0.1) is 11.3 Å². The van der Waals surface area contributed by atoms with Gasteiger partial charge >= 0.3 is 0 Å². The molecule has 3 N–H and O–H groups in total. The van der Waals surface area contributed by atoms with Gasteiger partial charge in [0.1, 0.15) is 17.2 Å². The average molecular weight is 357 g/mol. The molecule has 26 heavy (non-hydrogen) atoms. The van der Waals surface area contributed by atoms with Crippen molar-refractivity contribution in [3.8, 4) is 5.69 Å². The topological polar surface area (TPSA) is 72.9 Å². The Morgan fingerprint density at radius 1 is 1.35 bits per heavy atom. The third-order valence-corrected chi connectivity index (χ3v) is 4.61. The standard InChI is InChI=1S/C19H18F2N4O/c20-13-6-12-10-25(24-18(12)16(7-13)19(22)26)14-3-4-15(17(21)8-14)11-2-1-5-23-9-11/h3-4,6-8,10-11,23H,1-2,5,9H2,(H2,22,26)/t11-/m1/s1/i11D. The maximum Gasteiger partial charge on any atom is 0.251 e. The van der Waals surface area contributed by atoms with Crippen molar-refractivity contribution in [1.82, 2.24) is 15.1 Å². The van der Waals surface area contributed by atoms with E-state index in [1.54, 1.807) is 12.1 Å². The lowest BCUT2D eigenvalue weighted by Gasteiger charge is -2.23. The van der Waals surface area contributed by atoms with E-state index in [4.69, 9.17) is 7.10 Å². The molecule has 1 aliphatic rings. The van der Waals surface area contributed by atoms with Crippen molar-refractivity contribution in [2.45, 2.75) is 18.7 Å². The quantitative estimate of drug-likeness (QED) is 0.757. The van der Waals surface area contributed by atoms with Crippen LogP contribution in [0.2, 0.25) is 0 Å². The first-order valence-corrected chi connectivity index (χ1v) is 8.37. The number of halogens is 2. The molecule has 5 nitrogen and oxygen atoms in total. The lowest BCUT2D eigenvalue weighted by atomic mass is 9.91. The SMILES string of the molecule is [2H][C@@]1(c2ccc(-n3cc4cc(F)cc(C(N)=O)c4n3)cc2F)CCCNC1. The highest BCUT2D eigenvalue weighted by molar-refractivity contribution is 6.04. The first kappa shape index (κ1) is 15.5. The van der Waals surface area contributed by atoms with E-state index >= 15 is 0 Å². The number of benzene rings is 2. The molecule has 2 aromatic carbocycles. The Hall–Kier alpha value is -2.80. The van der Waals surface area contributed by atoms with E-state index in [2.05, 4.69) is 10.4 Å². The van der Waals surface area contributed by atoms with Gasteiger partial charge in [-0.3, -0.25) is 4.79 Å². The Morgan fingerprint density at radius 3 is 2.88 bits per heavy atom. The fourth-order valence-corrected chi connectivity index (χ4v) is 3.34. The van der Waals surface area contributed by atoms with E-state index in [-0.39, 0.29) is 11.1 Å². The van der Waals surface area contributed by atoms with Crippen molar-refractivity contribution in [3.63, 3.8) is 0 Å². The summed E-state index contributed by atoms with van der Waals surface area (Å²) in [5, 5.41) is 7.80. The average Bonchev–Trinajstić information content (AvgIpc) is 3.05. The second-order valence-corrected chi connectivity index (χ2v) is 6.38. The summed E-state index contributed by atoms with van der Waals surface area (Å²) in [6.07, 6.45) is 2.91. The summed E-state index contributed by atoms with van der Waals surface area (Å²) in [5.41, 5.74) is 6.26. The second kappa shape index (κ2) is 6.49. The molecule has 0 saturated carbocycles. The fourth-order valence-electron chi connectivity index (χ4n) is 3.34. The van der Waals surface area contributed by atoms with Gasteiger partial charge in [-0.25, -0.2) is 13.5 Å². The van der Waals surface area contributed by atoms with Gasteiger partial charge in [0, 0.05) is 19.5 Å². The molecular weight excluding hydrogens is 338 g/mol. The number of primary amides is 1. The summed E-state index contributed by atoms with van der Waals surface area (Å²) >= 11 is 0. The number of carbonyl (C=O) groups excluding carboxylic acids is 1. The molecule has 0 radical (unpaired) electrons. The van der Waals surface area contributed by atoms with Crippen LogP contribution in [0.4, 0.5) is 8.78 Å². The predicted molar refractivity (Wildman–Crippen MR) is 94.3 cm³/mol. The molecule has 0 spiro atoms. The monoisotopic (exact) mass is 357 g/mol.